The SMILES string of the molecule is COc1ccc(C(c2ccccc2)(c2ccc(OC)cc2)[C@@]2(n3ccc(NC(=O)c4ccccc4)nc3=O)O[C@H](CO)[C@@H](O)[C@H]2OC)cc1. The molecule has 0 radical (unpaired) electrons. The average Bonchev–Trinajstić information content (AvgIpc) is 3.44. The third kappa shape index (κ3) is 5.66. The van der Waals surface area contributed by atoms with Crippen LogP contribution < -0.4 is 20.5 Å². The fourth-order valence-electron chi connectivity index (χ4n) is 6.91. The van der Waals surface area contributed by atoms with Crippen molar-refractivity contribution in [1.82, 2.24) is 9.55 Å². The molecule has 0 bridgehead atoms. The topological polar surface area (TPSA) is 141 Å². The van der Waals surface area contributed by atoms with Crippen LogP contribution in [0.2, 0.25) is 0 Å². The molecule has 1 fully saturated rings. The van der Waals surface area contributed by atoms with E-state index >= 15 is 0 Å². The lowest BCUT2D eigenvalue weighted by Crippen LogP contribution is -2.64. The number of methoxy groups -OCH3 is 3. The van der Waals surface area contributed by atoms with Crippen molar-refractivity contribution in [1.29, 1.82) is 0 Å². The summed E-state index contributed by atoms with van der Waals surface area (Å²) in [5.41, 5.74) is -1.87. The van der Waals surface area contributed by atoms with Crippen LogP contribution in [0.25, 0.3) is 0 Å². The highest BCUT2D eigenvalue weighted by atomic mass is 16.6. The van der Waals surface area contributed by atoms with Gasteiger partial charge in [0.15, 0.2) is 5.72 Å². The lowest BCUT2D eigenvalue weighted by atomic mass is 9.60. The summed E-state index contributed by atoms with van der Waals surface area (Å²) in [6, 6.07) is 34.1. The van der Waals surface area contributed by atoms with Gasteiger partial charge in [-0.05, 0) is 59.2 Å². The molecule has 0 aliphatic carbocycles. The first kappa shape index (κ1) is 33.6. The molecule has 0 spiro atoms. The number of carbonyl (C=O) groups is 1. The van der Waals surface area contributed by atoms with Gasteiger partial charge in [0.05, 0.1) is 26.2 Å². The second kappa shape index (κ2) is 14.0. The van der Waals surface area contributed by atoms with Crippen LogP contribution in [0, 0.1) is 0 Å². The van der Waals surface area contributed by atoms with Gasteiger partial charge in [-0.1, -0.05) is 72.8 Å². The van der Waals surface area contributed by atoms with E-state index in [0.29, 0.717) is 33.8 Å². The Bertz CT molecular complexity index is 1890. The molecule has 11 nitrogen and oxygen atoms in total. The highest BCUT2D eigenvalue weighted by molar-refractivity contribution is 6.03. The molecule has 5 aromatic rings. The lowest BCUT2D eigenvalue weighted by Gasteiger charge is -2.52. The molecule has 4 aromatic carbocycles. The molecule has 252 valence electrons. The van der Waals surface area contributed by atoms with Gasteiger partial charge in [0, 0.05) is 18.9 Å². The van der Waals surface area contributed by atoms with Crippen LogP contribution in [-0.4, -0.2) is 71.9 Å². The van der Waals surface area contributed by atoms with Gasteiger partial charge in [-0.15, -0.1) is 0 Å². The van der Waals surface area contributed by atoms with Crippen molar-refractivity contribution in [3.8, 4) is 11.5 Å². The molecule has 49 heavy (non-hydrogen) atoms. The van der Waals surface area contributed by atoms with Crippen molar-refractivity contribution in [2.24, 2.45) is 0 Å². The number of amides is 1. The Morgan fingerprint density at radius 2 is 1.37 bits per heavy atom. The fraction of sp³-hybridized carbons (Fsp3) is 0.237. The fourth-order valence-corrected chi connectivity index (χ4v) is 6.91. The van der Waals surface area contributed by atoms with E-state index < -0.39 is 47.7 Å². The number of anilines is 1. The van der Waals surface area contributed by atoms with Gasteiger partial charge in [-0.2, -0.15) is 4.98 Å². The quantitative estimate of drug-likeness (QED) is 0.179. The maximum Gasteiger partial charge on any atom is 0.351 e. The Hall–Kier alpha value is -5.33. The summed E-state index contributed by atoms with van der Waals surface area (Å²) >= 11 is 0. The van der Waals surface area contributed by atoms with Crippen LogP contribution in [-0.2, 0) is 20.6 Å². The summed E-state index contributed by atoms with van der Waals surface area (Å²) in [7, 11) is 4.55. The highest BCUT2D eigenvalue weighted by Gasteiger charge is 2.69. The normalized spacial score (nSPS) is 20.5. The smallest absolute Gasteiger partial charge is 0.351 e. The number of nitrogens with one attached hydrogen (secondary N) is 1. The van der Waals surface area contributed by atoms with Crippen LogP contribution in [0.3, 0.4) is 0 Å². The Balaban J connectivity index is 1.69. The van der Waals surface area contributed by atoms with Gasteiger partial charge in [-0.25, -0.2) is 4.79 Å². The molecule has 1 aliphatic heterocycles. The minimum absolute atomic E-state index is 0.00989. The second-order valence-electron chi connectivity index (χ2n) is 11.5. The number of hydrogen-bond acceptors (Lipinski definition) is 9. The van der Waals surface area contributed by atoms with E-state index in [2.05, 4.69) is 10.3 Å². The molecule has 1 saturated heterocycles. The van der Waals surface area contributed by atoms with E-state index in [9.17, 15) is 19.8 Å². The number of rotatable bonds is 11. The van der Waals surface area contributed by atoms with E-state index in [1.54, 1.807) is 68.8 Å². The third-order valence-electron chi connectivity index (χ3n) is 9.07. The highest BCUT2D eigenvalue weighted by Crippen LogP contribution is 2.57. The molecule has 1 aliphatic rings. The molecule has 6 rings (SSSR count). The molecule has 1 amide bonds. The zero-order valence-electron chi connectivity index (χ0n) is 27.2. The number of aromatic nitrogens is 2. The van der Waals surface area contributed by atoms with Crippen molar-refractivity contribution < 1.29 is 34.0 Å². The first-order valence-electron chi connectivity index (χ1n) is 15.6. The molecule has 0 saturated carbocycles. The molecule has 3 N–H and O–H groups in total. The number of ether oxygens (including phenoxy) is 4. The Labute approximate surface area is 283 Å². The summed E-state index contributed by atoms with van der Waals surface area (Å²) < 4.78 is 25.2. The van der Waals surface area contributed by atoms with E-state index in [1.807, 2.05) is 54.6 Å². The van der Waals surface area contributed by atoms with Gasteiger partial charge in [-0.3, -0.25) is 9.36 Å². The molecular formula is C38H37N3O8. The number of carbonyl (C=O) groups excluding carboxylic acids is 1. The molecule has 2 heterocycles. The first-order chi connectivity index (χ1) is 23.8. The van der Waals surface area contributed by atoms with Crippen LogP contribution in [0.15, 0.2) is 126 Å². The summed E-state index contributed by atoms with van der Waals surface area (Å²) in [5, 5.41) is 25.0. The summed E-state index contributed by atoms with van der Waals surface area (Å²) in [6.07, 6.45) is -2.36. The van der Waals surface area contributed by atoms with Crippen LogP contribution in [0.5, 0.6) is 11.5 Å². The van der Waals surface area contributed by atoms with Gasteiger partial charge in [0.2, 0.25) is 0 Å². The van der Waals surface area contributed by atoms with Crippen molar-refractivity contribution in [3.63, 3.8) is 0 Å². The number of hydrogen-bond donors (Lipinski definition) is 3. The maximum atomic E-state index is 14.4. The van der Waals surface area contributed by atoms with Gasteiger partial charge in [0.25, 0.3) is 5.91 Å². The zero-order valence-corrected chi connectivity index (χ0v) is 27.2. The van der Waals surface area contributed by atoms with Crippen molar-refractivity contribution in [3.05, 3.63) is 154 Å². The van der Waals surface area contributed by atoms with Crippen LogP contribution >= 0.6 is 0 Å². The number of benzene rings is 4. The average molecular weight is 664 g/mol. The van der Waals surface area contributed by atoms with Crippen molar-refractivity contribution >= 4 is 11.7 Å². The molecule has 0 unspecified atom stereocenters. The van der Waals surface area contributed by atoms with E-state index in [0.717, 1.165) is 0 Å². The minimum Gasteiger partial charge on any atom is -0.497 e. The van der Waals surface area contributed by atoms with E-state index in [-0.39, 0.29) is 5.82 Å². The minimum atomic E-state index is -1.94. The Morgan fingerprint density at radius 3 is 1.86 bits per heavy atom. The summed E-state index contributed by atoms with van der Waals surface area (Å²) in [6.45, 7) is -0.577. The van der Waals surface area contributed by atoms with E-state index in [4.69, 9.17) is 18.9 Å². The van der Waals surface area contributed by atoms with Gasteiger partial charge in [0.1, 0.15) is 35.6 Å². The van der Waals surface area contributed by atoms with Gasteiger partial charge >= 0.3 is 5.69 Å². The predicted octanol–water partition coefficient (Wildman–Crippen LogP) is 3.97. The number of nitrogens with zero attached hydrogens (tertiary/aromatic N) is 2. The molecule has 1 aromatic heterocycles. The lowest BCUT2D eigenvalue weighted by molar-refractivity contribution is -0.186. The molecular weight excluding hydrogens is 626 g/mol. The summed E-state index contributed by atoms with van der Waals surface area (Å²) in [5.74, 6) is 0.750. The maximum absolute atomic E-state index is 14.4. The zero-order chi connectivity index (χ0) is 34.6. The third-order valence-corrected chi connectivity index (χ3v) is 9.07. The Morgan fingerprint density at radius 1 is 0.837 bits per heavy atom. The van der Waals surface area contributed by atoms with Gasteiger partial charge < -0.3 is 34.5 Å². The van der Waals surface area contributed by atoms with Crippen LogP contribution in [0.4, 0.5) is 5.82 Å². The Kier molecular flexibility index (Phi) is 9.61. The van der Waals surface area contributed by atoms with Crippen molar-refractivity contribution in [2.75, 3.05) is 33.3 Å². The van der Waals surface area contributed by atoms with E-state index in [1.165, 1.54) is 23.9 Å². The number of aliphatic hydroxyl groups excluding tert-OH is 2. The monoisotopic (exact) mass is 663 g/mol. The first-order valence-corrected chi connectivity index (χ1v) is 15.6. The molecule has 11 heteroatoms. The largest absolute Gasteiger partial charge is 0.497 e. The molecule has 4 atom stereocenters. The second-order valence-corrected chi connectivity index (χ2v) is 11.5. The summed E-state index contributed by atoms with van der Waals surface area (Å²) in [4.78, 5) is 31.7. The van der Waals surface area contributed by atoms with Crippen LogP contribution in [0.1, 0.15) is 27.0 Å². The standard InChI is InChI=1S/C38H37N3O8/c1-46-29-18-14-27(15-19-29)37(26-12-8-5-9-13-26,28-16-20-30(47-2)21-17-28)38(34(48-3)33(43)31(24-42)49-38)41-23-22-32(40-36(41)45)39-35(44)25-10-6-4-7-11-25/h4-23,31,33-34,42-43H,24H2,1-3H3,(H,39,40,44,45)/t31-,33-,34-,38+/m1/s1. The predicted molar refractivity (Wildman–Crippen MR) is 182 cm³/mol. The number of aliphatic hydroxyl groups is 2. The van der Waals surface area contributed by atoms with Crippen molar-refractivity contribution in [2.45, 2.75) is 29.5 Å².